The van der Waals surface area contributed by atoms with E-state index in [4.69, 9.17) is 5.11 Å². The monoisotopic (exact) mass is 287 g/mol. The number of esters is 1. The summed E-state index contributed by atoms with van der Waals surface area (Å²) in [5, 5.41) is 7.72. The van der Waals surface area contributed by atoms with Gasteiger partial charge in [0.15, 0.2) is 0 Å². The Hall–Kier alpha value is -1.39. The number of hydrogen-bond acceptors (Lipinski definition) is 4. The number of aliphatic imine (C=N–C) groups is 1. The Morgan fingerprint density at radius 1 is 1.30 bits per heavy atom. The maximum absolute atomic E-state index is 10.8. The van der Waals surface area contributed by atoms with Gasteiger partial charge in [0.05, 0.1) is 13.5 Å². The van der Waals surface area contributed by atoms with Crippen LogP contribution < -0.4 is 0 Å². The van der Waals surface area contributed by atoms with Crippen molar-refractivity contribution in [1.82, 2.24) is 0 Å². The molecule has 0 aliphatic rings. The maximum atomic E-state index is 10.8. The zero-order chi connectivity index (χ0) is 15.8. The molecule has 0 spiro atoms. The molecule has 20 heavy (non-hydrogen) atoms. The number of hydrogen-bond donors (Lipinski definition) is 1. The fourth-order valence-electron chi connectivity index (χ4n) is 1.36. The number of ether oxygens (including phenoxy) is 1. The highest BCUT2D eigenvalue weighted by molar-refractivity contribution is 5.85. The van der Waals surface area contributed by atoms with Gasteiger partial charge in [-0.05, 0) is 12.3 Å². The summed E-state index contributed by atoms with van der Waals surface area (Å²) in [4.78, 5) is 24.4. The molecule has 0 aromatic rings. The van der Waals surface area contributed by atoms with Crippen LogP contribution in [0.3, 0.4) is 0 Å². The number of carboxylic acid groups (broad SMARTS) is 1. The Morgan fingerprint density at radius 2 is 1.90 bits per heavy atom. The Labute approximate surface area is 122 Å². The molecular weight excluding hydrogens is 258 g/mol. The number of carbonyl (C=O) groups excluding carboxylic acids is 1. The summed E-state index contributed by atoms with van der Waals surface area (Å²) >= 11 is 0. The molecule has 1 atom stereocenters. The van der Waals surface area contributed by atoms with Crippen molar-refractivity contribution in [2.75, 3.05) is 13.7 Å². The highest BCUT2D eigenvalue weighted by atomic mass is 16.5. The molecule has 0 rings (SSSR count). The van der Waals surface area contributed by atoms with Gasteiger partial charge in [-0.1, -0.05) is 40.0 Å². The van der Waals surface area contributed by atoms with E-state index < -0.39 is 5.97 Å². The van der Waals surface area contributed by atoms with Gasteiger partial charge in [-0.15, -0.1) is 0 Å². The minimum Gasteiger partial charge on any atom is -0.481 e. The second-order valence-electron chi connectivity index (χ2n) is 4.49. The summed E-state index contributed by atoms with van der Waals surface area (Å²) in [6.07, 6.45) is 7.09. The average Bonchev–Trinajstić information content (AvgIpc) is 2.46. The molecule has 1 N–H and O–H groups in total. The number of unbranched alkanes of at least 4 members (excludes halogenated alkanes) is 1. The van der Waals surface area contributed by atoms with Crippen molar-refractivity contribution in [3.63, 3.8) is 0 Å². The first-order chi connectivity index (χ1) is 9.51. The summed E-state index contributed by atoms with van der Waals surface area (Å²) in [5.41, 5.74) is 0. The van der Waals surface area contributed by atoms with Crippen LogP contribution in [0.5, 0.6) is 0 Å². The molecule has 0 aliphatic carbocycles. The molecule has 5 nitrogen and oxygen atoms in total. The third kappa shape index (κ3) is 16.6. The molecule has 0 fully saturated rings. The standard InChI is InChI=1S/C12H23NO2.C3H6O2/c1-4-6-7-11(5-2)10-13-9-8-12(14)15-3;1-2-3(4)5/h9,11H,4-8,10H2,1-3H3;2H2,1H3,(H,4,5). The smallest absolute Gasteiger partial charge is 0.310 e. The van der Waals surface area contributed by atoms with Crippen LogP contribution in [0.15, 0.2) is 4.99 Å². The molecule has 0 aromatic heterocycles. The molecule has 0 radical (unpaired) electrons. The minimum absolute atomic E-state index is 0.222. The van der Waals surface area contributed by atoms with Gasteiger partial charge in [-0.2, -0.15) is 0 Å². The predicted molar refractivity (Wildman–Crippen MR) is 81.2 cm³/mol. The van der Waals surface area contributed by atoms with Crippen molar-refractivity contribution in [2.24, 2.45) is 10.9 Å². The lowest BCUT2D eigenvalue weighted by molar-refractivity contribution is -0.139. The third-order valence-electron chi connectivity index (χ3n) is 2.82. The van der Waals surface area contributed by atoms with Crippen molar-refractivity contribution >= 4 is 18.2 Å². The van der Waals surface area contributed by atoms with Crippen LogP contribution in [-0.4, -0.2) is 36.9 Å². The van der Waals surface area contributed by atoms with Gasteiger partial charge >= 0.3 is 11.9 Å². The normalized spacial score (nSPS) is 11.6. The van der Waals surface area contributed by atoms with Crippen LogP contribution in [0.25, 0.3) is 0 Å². The average molecular weight is 287 g/mol. The molecular formula is C15H29NO4. The fourth-order valence-corrected chi connectivity index (χ4v) is 1.36. The lowest BCUT2D eigenvalue weighted by Crippen LogP contribution is -2.05. The molecule has 0 saturated carbocycles. The Morgan fingerprint density at radius 3 is 2.30 bits per heavy atom. The van der Waals surface area contributed by atoms with Crippen molar-refractivity contribution in [3.8, 4) is 0 Å². The summed E-state index contributed by atoms with van der Waals surface area (Å²) in [6.45, 7) is 6.83. The van der Waals surface area contributed by atoms with Crippen LogP contribution in [0, 0.1) is 5.92 Å². The van der Waals surface area contributed by atoms with E-state index in [0.717, 1.165) is 13.0 Å². The summed E-state index contributed by atoms with van der Waals surface area (Å²) in [6, 6.07) is 0. The maximum Gasteiger partial charge on any atom is 0.310 e. The quantitative estimate of drug-likeness (QED) is 0.521. The van der Waals surface area contributed by atoms with Crippen molar-refractivity contribution in [1.29, 1.82) is 0 Å². The topological polar surface area (TPSA) is 76.0 Å². The van der Waals surface area contributed by atoms with Gasteiger partial charge in [0.25, 0.3) is 0 Å². The lowest BCUT2D eigenvalue weighted by Gasteiger charge is -2.10. The zero-order valence-electron chi connectivity index (χ0n) is 13.2. The molecule has 0 bridgehead atoms. The third-order valence-corrected chi connectivity index (χ3v) is 2.82. The van der Waals surface area contributed by atoms with Gasteiger partial charge in [-0.25, -0.2) is 0 Å². The Kier molecular flexibility index (Phi) is 16.4. The van der Waals surface area contributed by atoms with Crippen LogP contribution in [0.2, 0.25) is 0 Å². The predicted octanol–water partition coefficient (Wildman–Crippen LogP) is 3.32. The molecule has 0 aliphatic heterocycles. The van der Waals surface area contributed by atoms with Crippen molar-refractivity contribution in [2.45, 2.75) is 59.3 Å². The first kappa shape index (κ1) is 20.9. The molecule has 118 valence electrons. The largest absolute Gasteiger partial charge is 0.481 e. The second-order valence-corrected chi connectivity index (χ2v) is 4.49. The molecule has 1 unspecified atom stereocenters. The Balaban J connectivity index is 0. The SMILES string of the molecule is CCC(=O)O.CCCCC(CC)CN=CCC(=O)OC. The summed E-state index contributed by atoms with van der Waals surface area (Å²) in [5.74, 6) is -0.302. The van der Waals surface area contributed by atoms with Gasteiger partial charge in [-0.3, -0.25) is 14.6 Å². The first-order valence-corrected chi connectivity index (χ1v) is 7.28. The minimum atomic E-state index is -0.745. The Bertz CT molecular complexity index is 277. The molecule has 0 saturated heterocycles. The number of aliphatic carboxylic acids is 1. The number of nitrogens with zero attached hydrogens (tertiary/aromatic N) is 1. The van der Waals surface area contributed by atoms with Gasteiger partial charge < -0.3 is 9.84 Å². The second kappa shape index (κ2) is 15.7. The molecule has 0 aromatic carbocycles. The van der Waals surface area contributed by atoms with Gasteiger partial charge in [0.1, 0.15) is 0 Å². The van der Waals surface area contributed by atoms with E-state index in [1.54, 1.807) is 13.1 Å². The van der Waals surface area contributed by atoms with E-state index in [1.807, 2.05) is 0 Å². The van der Waals surface area contributed by atoms with E-state index in [0.29, 0.717) is 12.3 Å². The van der Waals surface area contributed by atoms with Crippen molar-refractivity contribution in [3.05, 3.63) is 0 Å². The van der Waals surface area contributed by atoms with Crippen LogP contribution in [0.4, 0.5) is 0 Å². The van der Waals surface area contributed by atoms with Gasteiger partial charge in [0, 0.05) is 19.2 Å². The van der Waals surface area contributed by atoms with Crippen molar-refractivity contribution < 1.29 is 19.4 Å². The van der Waals surface area contributed by atoms with E-state index in [-0.39, 0.29) is 12.4 Å². The van der Waals surface area contributed by atoms with Crippen LogP contribution >= 0.6 is 0 Å². The number of carbonyl (C=O) groups is 2. The van der Waals surface area contributed by atoms with Crippen LogP contribution in [0.1, 0.15) is 59.3 Å². The van der Waals surface area contributed by atoms with Crippen LogP contribution in [-0.2, 0) is 14.3 Å². The zero-order valence-corrected chi connectivity index (χ0v) is 13.2. The van der Waals surface area contributed by atoms with Gasteiger partial charge in [0.2, 0.25) is 0 Å². The fraction of sp³-hybridized carbons (Fsp3) is 0.800. The lowest BCUT2D eigenvalue weighted by atomic mass is 10.00. The van der Waals surface area contributed by atoms with E-state index in [9.17, 15) is 9.59 Å². The number of carboxylic acids is 1. The van der Waals surface area contributed by atoms with E-state index in [2.05, 4.69) is 23.6 Å². The molecule has 0 amide bonds. The van der Waals surface area contributed by atoms with E-state index >= 15 is 0 Å². The highest BCUT2D eigenvalue weighted by Crippen LogP contribution is 2.12. The number of methoxy groups -OCH3 is 1. The van der Waals surface area contributed by atoms with E-state index in [1.165, 1.54) is 26.4 Å². The molecule has 5 heteroatoms. The highest BCUT2D eigenvalue weighted by Gasteiger charge is 2.03. The molecule has 0 heterocycles. The first-order valence-electron chi connectivity index (χ1n) is 7.28. The number of rotatable bonds is 9. The summed E-state index contributed by atoms with van der Waals surface area (Å²) < 4.78 is 4.52. The summed E-state index contributed by atoms with van der Waals surface area (Å²) in [7, 11) is 1.40.